The Morgan fingerprint density at radius 3 is 2.76 bits per heavy atom. The zero-order valence-electron chi connectivity index (χ0n) is 17.9. The van der Waals surface area contributed by atoms with Crippen LogP contribution in [0.5, 0.6) is 0 Å². The third-order valence-corrected chi connectivity index (χ3v) is 6.00. The molecule has 0 radical (unpaired) electrons. The molecule has 1 aliphatic heterocycles. The molecule has 2 aliphatic rings. The van der Waals surface area contributed by atoms with Gasteiger partial charge >= 0.3 is 0 Å². The SMILES string of the molecule is CCNC(=NCC(O)COC(C)c1ccccc1)NC1C2CCOC2C1(C)C.I. The number of hydrogen-bond acceptors (Lipinski definition) is 4. The highest BCUT2D eigenvalue weighted by atomic mass is 127. The summed E-state index contributed by atoms with van der Waals surface area (Å²) >= 11 is 0. The zero-order chi connectivity index (χ0) is 20.1. The lowest BCUT2D eigenvalue weighted by Crippen LogP contribution is -2.68. The van der Waals surface area contributed by atoms with Crippen LogP contribution in [0, 0.1) is 11.3 Å². The maximum Gasteiger partial charge on any atom is 0.191 e. The fourth-order valence-corrected chi connectivity index (χ4v) is 4.41. The molecule has 5 atom stereocenters. The molecule has 1 aliphatic carbocycles. The van der Waals surface area contributed by atoms with Crippen LogP contribution in [0.3, 0.4) is 0 Å². The van der Waals surface area contributed by atoms with Crippen molar-refractivity contribution < 1.29 is 14.6 Å². The summed E-state index contributed by atoms with van der Waals surface area (Å²) in [7, 11) is 0. The standard InChI is InChI=1S/C22H35N3O3.HI/c1-5-23-21(25-19-18-11-12-27-20(18)22(19,3)4)24-13-17(26)14-28-15(2)16-9-7-6-8-10-16;/h6-10,15,17-20,26H,5,11-14H2,1-4H3,(H2,23,24,25);1H. The van der Waals surface area contributed by atoms with E-state index in [0.717, 1.165) is 31.1 Å². The Morgan fingerprint density at radius 2 is 2.07 bits per heavy atom. The number of ether oxygens (including phenoxy) is 2. The minimum atomic E-state index is -0.640. The van der Waals surface area contributed by atoms with Gasteiger partial charge in [-0.05, 0) is 25.8 Å². The maximum absolute atomic E-state index is 10.3. The molecule has 0 bridgehead atoms. The molecule has 1 saturated carbocycles. The topological polar surface area (TPSA) is 75.1 Å². The smallest absolute Gasteiger partial charge is 0.191 e. The average Bonchev–Trinajstić information content (AvgIpc) is 3.16. The van der Waals surface area contributed by atoms with Crippen LogP contribution in [0.4, 0.5) is 0 Å². The Morgan fingerprint density at radius 1 is 1.34 bits per heavy atom. The minimum Gasteiger partial charge on any atom is -0.389 e. The van der Waals surface area contributed by atoms with Gasteiger partial charge in [0.1, 0.15) is 0 Å². The predicted octanol–water partition coefficient (Wildman–Crippen LogP) is 3.11. The van der Waals surface area contributed by atoms with E-state index in [1.165, 1.54) is 0 Å². The Kier molecular flexibility index (Phi) is 9.18. The second-order valence-electron chi connectivity index (χ2n) is 8.45. The van der Waals surface area contributed by atoms with Gasteiger partial charge in [0, 0.05) is 30.5 Å². The van der Waals surface area contributed by atoms with Gasteiger partial charge in [-0.3, -0.25) is 4.99 Å². The second-order valence-corrected chi connectivity index (χ2v) is 8.45. The Labute approximate surface area is 191 Å². The first-order valence-electron chi connectivity index (χ1n) is 10.4. The van der Waals surface area contributed by atoms with Gasteiger partial charge < -0.3 is 25.2 Å². The van der Waals surface area contributed by atoms with Crippen molar-refractivity contribution in [3.8, 4) is 0 Å². The van der Waals surface area contributed by atoms with Crippen LogP contribution in [0.1, 0.15) is 45.8 Å². The molecule has 1 aromatic rings. The van der Waals surface area contributed by atoms with E-state index in [1.54, 1.807) is 0 Å². The molecule has 3 N–H and O–H groups in total. The van der Waals surface area contributed by atoms with E-state index in [2.05, 4.69) is 29.5 Å². The third kappa shape index (κ3) is 5.83. The van der Waals surface area contributed by atoms with Crippen molar-refractivity contribution in [2.24, 2.45) is 16.3 Å². The van der Waals surface area contributed by atoms with E-state index in [-0.39, 0.29) is 42.1 Å². The minimum absolute atomic E-state index is 0. The van der Waals surface area contributed by atoms with Gasteiger partial charge in [0.25, 0.3) is 0 Å². The second kappa shape index (κ2) is 10.9. The van der Waals surface area contributed by atoms with Crippen LogP contribution in [0.25, 0.3) is 0 Å². The summed E-state index contributed by atoms with van der Waals surface area (Å²) in [4.78, 5) is 4.59. The fraction of sp³-hybridized carbons (Fsp3) is 0.682. The van der Waals surface area contributed by atoms with Crippen LogP contribution >= 0.6 is 24.0 Å². The molecule has 1 saturated heterocycles. The van der Waals surface area contributed by atoms with E-state index in [4.69, 9.17) is 9.47 Å². The Balaban J connectivity index is 0.00000300. The van der Waals surface area contributed by atoms with Gasteiger partial charge in [0.2, 0.25) is 0 Å². The summed E-state index contributed by atoms with van der Waals surface area (Å²) in [6, 6.07) is 10.4. The molecule has 1 heterocycles. The Hall–Kier alpha value is -0.900. The number of hydrogen-bond donors (Lipinski definition) is 3. The lowest BCUT2D eigenvalue weighted by atomic mass is 9.57. The molecule has 0 amide bonds. The predicted molar refractivity (Wildman–Crippen MR) is 127 cm³/mol. The number of nitrogens with one attached hydrogen (secondary N) is 2. The van der Waals surface area contributed by atoms with Crippen molar-refractivity contribution in [3.63, 3.8) is 0 Å². The van der Waals surface area contributed by atoms with Gasteiger partial charge in [0.15, 0.2) is 5.96 Å². The number of aliphatic imine (C=N–C) groups is 1. The van der Waals surface area contributed by atoms with Gasteiger partial charge in [0.05, 0.1) is 31.5 Å². The number of aliphatic hydroxyl groups is 1. The van der Waals surface area contributed by atoms with Crippen LogP contribution in [-0.4, -0.2) is 55.6 Å². The molecule has 0 aromatic heterocycles. The molecule has 0 spiro atoms. The highest BCUT2D eigenvalue weighted by Gasteiger charge is 2.59. The first kappa shape index (κ1) is 24.4. The molecule has 5 unspecified atom stereocenters. The van der Waals surface area contributed by atoms with Crippen LogP contribution < -0.4 is 10.6 Å². The summed E-state index contributed by atoms with van der Waals surface area (Å²) in [5, 5.41) is 17.2. The first-order valence-corrected chi connectivity index (χ1v) is 10.4. The lowest BCUT2D eigenvalue weighted by Gasteiger charge is -2.54. The van der Waals surface area contributed by atoms with Crippen molar-refractivity contribution in [2.45, 2.75) is 58.5 Å². The van der Waals surface area contributed by atoms with Crippen molar-refractivity contribution >= 4 is 29.9 Å². The monoisotopic (exact) mass is 517 g/mol. The molecule has 29 heavy (non-hydrogen) atoms. The molecule has 2 fully saturated rings. The van der Waals surface area contributed by atoms with Crippen molar-refractivity contribution in [2.75, 3.05) is 26.3 Å². The van der Waals surface area contributed by atoms with Gasteiger partial charge in [-0.25, -0.2) is 0 Å². The quantitative estimate of drug-likeness (QED) is 0.281. The molecule has 6 nitrogen and oxygen atoms in total. The van der Waals surface area contributed by atoms with Crippen molar-refractivity contribution in [3.05, 3.63) is 35.9 Å². The molecule has 1 aromatic carbocycles. The summed E-state index contributed by atoms with van der Waals surface area (Å²) < 4.78 is 11.7. The maximum atomic E-state index is 10.3. The number of nitrogens with zero attached hydrogens (tertiary/aromatic N) is 1. The number of rotatable bonds is 8. The van der Waals surface area contributed by atoms with E-state index < -0.39 is 6.10 Å². The molecule has 7 heteroatoms. The summed E-state index contributed by atoms with van der Waals surface area (Å²) in [6.07, 6.45) is 0.741. The average molecular weight is 517 g/mol. The fourth-order valence-electron chi connectivity index (χ4n) is 4.41. The largest absolute Gasteiger partial charge is 0.389 e. The molecule has 3 rings (SSSR count). The highest BCUT2D eigenvalue weighted by Crippen LogP contribution is 2.52. The third-order valence-electron chi connectivity index (χ3n) is 6.00. The van der Waals surface area contributed by atoms with E-state index in [0.29, 0.717) is 24.6 Å². The first-order chi connectivity index (χ1) is 13.4. The van der Waals surface area contributed by atoms with Crippen molar-refractivity contribution in [1.29, 1.82) is 0 Å². The number of benzene rings is 1. The van der Waals surface area contributed by atoms with Crippen LogP contribution in [0.15, 0.2) is 35.3 Å². The van der Waals surface area contributed by atoms with E-state index in [1.807, 2.05) is 44.2 Å². The highest BCUT2D eigenvalue weighted by molar-refractivity contribution is 14.0. The summed E-state index contributed by atoms with van der Waals surface area (Å²) in [6.45, 7) is 10.7. The normalized spacial score (nSPS) is 27.2. The number of fused-ring (bicyclic) bond motifs is 1. The molecular formula is C22H36IN3O3. The van der Waals surface area contributed by atoms with Gasteiger partial charge in [-0.1, -0.05) is 44.2 Å². The number of halogens is 1. The number of guanidine groups is 1. The Bertz CT molecular complexity index is 656. The van der Waals surface area contributed by atoms with E-state index >= 15 is 0 Å². The molecule has 164 valence electrons. The molecular weight excluding hydrogens is 481 g/mol. The lowest BCUT2D eigenvalue weighted by molar-refractivity contribution is -0.106. The van der Waals surface area contributed by atoms with Gasteiger partial charge in [-0.15, -0.1) is 24.0 Å². The zero-order valence-corrected chi connectivity index (χ0v) is 20.3. The van der Waals surface area contributed by atoms with Gasteiger partial charge in [-0.2, -0.15) is 0 Å². The summed E-state index contributed by atoms with van der Waals surface area (Å²) in [5.74, 6) is 1.29. The van der Waals surface area contributed by atoms with Crippen molar-refractivity contribution in [1.82, 2.24) is 10.6 Å². The number of aliphatic hydroxyl groups excluding tert-OH is 1. The van der Waals surface area contributed by atoms with Crippen LogP contribution in [-0.2, 0) is 9.47 Å². The van der Waals surface area contributed by atoms with Crippen LogP contribution in [0.2, 0.25) is 0 Å². The van der Waals surface area contributed by atoms with E-state index in [9.17, 15) is 5.11 Å². The summed E-state index contributed by atoms with van der Waals surface area (Å²) in [5.41, 5.74) is 1.19.